The van der Waals surface area contributed by atoms with Crippen molar-refractivity contribution < 1.29 is 19.4 Å². The Hall–Kier alpha value is -3.59. The first kappa shape index (κ1) is 17.2. The number of nitro groups is 2. The molecule has 130 valence electrons. The van der Waals surface area contributed by atoms with Crippen LogP contribution in [0.1, 0.15) is 11.1 Å². The van der Waals surface area contributed by atoms with E-state index < -0.39 is 15.8 Å². The second-order valence-electron chi connectivity index (χ2n) is 5.11. The summed E-state index contributed by atoms with van der Waals surface area (Å²) in [5.74, 6) is -0.809. The Morgan fingerprint density at radius 2 is 1.62 bits per heavy atom. The van der Waals surface area contributed by atoms with E-state index in [9.17, 15) is 25.0 Å². The van der Waals surface area contributed by atoms with Crippen molar-refractivity contribution in [2.24, 2.45) is 4.99 Å². The van der Waals surface area contributed by atoms with E-state index in [0.29, 0.717) is 5.56 Å². The van der Waals surface area contributed by atoms with Crippen molar-refractivity contribution in [3.05, 3.63) is 84.5 Å². The molecule has 26 heavy (non-hydrogen) atoms. The van der Waals surface area contributed by atoms with Crippen LogP contribution in [0, 0.1) is 20.2 Å². The highest BCUT2D eigenvalue weighted by Crippen LogP contribution is 2.27. The number of rotatable bonds is 4. The zero-order chi connectivity index (χ0) is 18.8. The lowest BCUT2D eigenvalue weighted by Gasteiger charge is -2.02. The molecule has 2 aromatic carbocycles. The summed E-state index contributed by atoms with van der Waals surface area (Å²) < 4.78 is 5.06. The van der Waals surface area contributed by atoms with Gasteiger partial charge in [0, 0.05) is 24.3 Å². The number of hydrogen-bond acceptors (Lipinski definition) is 7. The predicted molar refractivity (Wildman–Crippen MR) is 91.8 cm³/mol. The highest BCUT2D eigenvalue weighted by atomic mass is 35.5. The minimum absolute atomic E-state index is 0.0161. The van der Waals surface area contributed by atoms with Crippen LogP contribution in [-0.2, 0) is 9.53 Å². The monoisotopic (exact) mass is 373 g/mol. The first-order valence-electron chi connectivity index (χ1n) is 7.06. The molecule has 0 bridgehead atoms. The largest absolute Gasteiger partial charge is 0.402 e. The molecule has 10 heteroatoms. The van der Waals surface area contributed by atoms with Crippen molar-refractivity contribution in [1.29, 1.82) is 0 Å². The van der Waals surface area contributed by atoms with Crippen LogP contribution < -0.4 is 0 Å². The van der Waals surface area contributed by atoms with Gasteiger partial charge >= 0.3 is 5.97 Å². The van der Waals surface area contributed by atoms with E-state index in [4.69, 9.17) is 16.3 Å². The molecule has 0 fully saturated rings. The Bertz CT molecular complexity index is 998. The van der Waals surface area contributed by atoms with Gasteiger partial charge in [-0.3, -0.25) is 20.2 Å². The summed E-state index contributed by atoms with van der Waals surface area (Å²) in [6.07, 6.45) is 1.40. The van der Waals surface area contributed by atoms with Crippen molar-refractivity contribution >= 4 is 40.9 Å². The lowest BCUT2D eigenvalue weighted by molar-refractivity contribution is -0.385. The standard InChI is InChI=1S/C16H8ClN3O6/c17-13-8-11(20(24)25)5-6-12(13)15-18-14(16(21)26-15)7-9-1-3-10(4-2-9)19(22)23/h1-8H. The maximum atomic E-state index is 12.0. The molecule has 0 radical (unpaired) electrons. The highest BCUT2D eigenvalue weighted by molar-refractivity contribution is 6.34. The van der Waals surface area contributed by atoms with E-state index >= 15 is 0 Å². The molecule has 0 N–H and O–H groups in total. The molecule has 1 heterocycles. The van der Waals surface area contributed by atoms with E-state index in [1.165, 1.54) is 42.5 Å². The summed E-state index contributed by atoms with van der Waals surface area (Å²) in [7, 11) is 0. The number of non-ortho nitro benzene ring substituents is 2. The first-order valence-corrected chi connectivity index (χ1v) is 7.44. The quantitative estimate of drug-likeness (QED) is 0.349. The Kier molecular flexibility index (Phi) is 4.46. The Morgan fingerprint density at radius 3 is 2.19 bits per heavy atom. The topological polar surface area (TPSA) is 125 Å². The van der Waals surface area contributed by atoms with Crippen molar-refractivity contribution in [3.63, 3.8) is 0 Å². The highest BCUT2D eigenvalue weighted by Gasteiger charge is 2.26. The Labute approximate surface area is 150 Å². The molecule has 9 nitrogen and oxygen atoms in total. The zero-order valence-corrected chi connectivity index (χ0v) is 13.5. The van der Waals surface area contributed by atoms with E-state index in [1.807, 2.05) is 0 Å². The molecule has 0 spiro atoms. The first-order chi connectivity index (χ1) is 12.3. The van der Waals surface area contributed by atoms with Gasteiger partial charge in [-0.1, -0.05) is 11.6 Å². The van der Waals surface area contributed by atoms with Crippen molar-refractivity contribution in [3.8, 4) is 0 Å². The second-order valence-corrected chi connectivity index (χ2v) is 5.51. The number of carbonyl (C=O) groups excluding carboxylic acids is 1. The normalized spacial score (nSPS) is 14.9. The van der Waals surface area contributed by atoms with Gasteiger partial charge in [-0.15, -0.1) is 0 Å². The van der Waals surface area contributed by atoms with Crippen LogP contribution in [0.4, 0.5) is 11.4 Å². The Balaban J connectivity index is 1.91. The molecular weight excluding hydrogens is 366 g/mol. The number of benzene rings is 2. The molecule has 2 aromatic rings. The van der Waals surface area contributed by atoms with Gasteiger partial charge in [0.25, 0.3) is 11.4 Å². The summed E-state index contributed by atoms with van der Waals surface area (Å²) in [6.45, 7) is 0. The summed E-state index contributed by atoms with van der Waals surface area (Å²) in [5.41, 5.74) is 0.441. The number of nitro benzene ring substituents is 2. The third kappa shape index (κ3) is 3.42. The van der Waals surface area contributed by atoms with Crippen LogP contribution in [0.25, 0.3) is 6.08 Å². The zero-order valence-electron chi connectivity index (χ0n) is 12.8. The lowest BCUT2D eigenvalue weighted by Crippen LogP contribution is -2.06. The third-order valence-electron chi connectivity index (χ3n) is 3.42. The van der Waals surface area contributed by atoms with Crippen molar-refractivity contribution in [1.82, 2.24) is 0 Å². The van der Waals surface area contributed by atoms with Crippen LogP contribution in [0.2, 0.25) is 5.02 Å². The van der Waals surface area contributed by atoms with Gasteiger partial charge in [-0.2, -0.15) is 0 Å². The number of cyclic esters (lactones) is 1. The summed E-state index contributed by atoms with van der Waals surface area (Å²) in [6, 6.07) is 9.20. The Morgan fingerprint density at radius 1 is 1.00 bits per heavy atom. The number of nitrogens with zero attached hydrogens (tertiary/aromatic N) is 3. The van der Waals surface area contributed by atoms with Crippen LogP contribution in [0.3, 0.4) is 0 Å². The molecule has 0 aliphatic carbocycles. The number of aliphatic imine (C=N–C) groups is 1. The molecule has 0 amide bonds. The molecule has 3 rings (SSSR count). The van der Waals surface area contributed by atoms with Gasteiger partial charge in [0.1, 0.15) is 0 Å². The van der Waals surface area contributed by atoms with Crippen molar-refractivity contribution in [2.45, 2.75) is 0 Å². The molecule has 0 atom stereocenters. The number of esters is 1. The maximum absolute atomic E-state index is 12.0. The van der Waals surface area contributed by atoms with Gasteiger partial charge in [-0.25, -0.2) is 9.79 Å². The van der Waals surface area contributed by atoms with Crippen LogP contribution in [0.5, 0.6) is 0 Å². The summed E-state index contributed by atoms with van der Waals surface area (Å²) >= 11 is 6.00. The van der Waals surface area contributed by atoms with Crippen LogP contribution in [0.15, 0.2) is 53.2 Å². The maximum Gasteiger partial charge on any atom is 0.363 e. The minimum Gasteiger partial charge on any atom is -0.402 e. The predicted octanol–water partition coefficient (Wildman–Crippen LogP) is 3.50. The van der Waals surface area contributed by atoms with E-state index in [2.05, 4.69) is 4.99 Å². The van der Waals surface area contributed by atoms with Gasteiger partial charge < -0.3 is 4.74 Å². The molecular formula is C16H8ClN3O6. The molecule has 0 saturated heterocycles. The van der Waals surface area contributed by atoms with E-state index in [-0.39, 0.29) is 33.6 Å². The van der Waals surface area contributed by atoms with Gasteiger partial charge in [0.2, 0.25) is 5.90 Å². The second kappa shape index (κ2) is 6.73. The average molecular weight is 374 g/mol. The summed E-state index contributed by atoms with van der Waals surface area (Å²) in [4.78, 5) is 36.3. The number of carbonyl (C=O) groups is 1. The number of ether oxygens (including phenoxy) is 1. The van der Waals surface area contributed by atoms with E-state index in [0.717, 1.165) is 6.07 Å². The molecule has 0 saturated carbocycles. The fraction of sp³-hybridized carbons (Fsp3) is 0. The van der Waals surface area contributed by atoms with Gasteiger partial charge in [0.15, 0.2) is 5.70 Å². The van der Waals surface area contributed by atoms with E-state index in [1.54, 1.807) is 0 Å². The van der Waals surface area contributed by atoms with Gasteiger partial charge in [0.05, 0.1) is 20.4 Å². The van der Waals surface area contributed by atoms with Gasteiger partial charge in [-0.05, 0) is 29.8 Å². The number of hydrogen-bond donors (Lipinski definition) is 0. The van der Waals surface area contributed by atoms with Crippen molar-refractivity contribution in [2.75, 3.05) is 0 Å². The fourth-order valence-electron chi connectivity index (χ4n) is 2.17. The SMILES string of the molecule is O=C1OC(c2ccc([N+](=O)[O-])cc2Cl)=NC1=Cc1ccc([N+](=O)[O-])cc1. The van der Waals surface area contributed by atoms with Crippen LogP contribution >= 0.6 is 11.6 Å². The minimum atomic E-state index is -0.729. The smallest absolute Gasteiger partial charge is 0.363 e. The number of halogens is 1. The summed E-state index contributed by atoms with van der Waals surface area (Å²) in [5, 5.41) is 21.4. The lowest BCUT2D eigenvalue weighted by atomic mass is 10.2. The molecule has 0 unspecified atom stereocenters. The average Bonchev–Trinajstić information content (AvgIpc) is 2.95. The third-order valence-corrected chi connectivity index (χ3v) is 3.73. The molecule has 1 aliphatic heterocycles. The molecule has 1 aliphatic rings. The molecule has 0 aromatic heterocycles. The van der Waals surface area contributed by atoms with Crippen LogP contribution in [-0.4, -0.2) is 21.7 Å². The fourth-order valence-corrected chi connectivity index (χ4v) is 2.42.